The lowest BCUT2D eigenvalue weighted by atomic mass is 9.91. The third-order valence-electron chi connectivity index (χ3n) is 2.97. The van der Waals surface area contributed by atoms with E-state index in [0.29, 0.717) is 5.25 Å². The van der Waals surface area contributed by atoms with Crippen LogP contribution < -0.4 is 4.74 Å². The second-order valence-corrected chi connectivity index (χ2v) is 6.48. The minimum absolute atomic E-state index is 0.164. The van der Waals surface area contributed by atoms with E-state index in [1.807, 2.05) is 49.9 Å². The molecule has 0 spiro atoms. The van der Waals surface area contributed by atoms with E-state index >= 15 is 0 Å². The van der Waals surface area contributed by atoms with Crippen LogP contribution in [0.1, 0.15) is 32.8 Å². The van der Waals surface area contributed by atoms with E-state index < -0.39 is 5.60 Å². The summed E-state index contributed by atoms with van der Waals surface area (Å²) >= 11 is 1.83. The molecule has 1 aliphatic heterocycles. The monoisotopic (exact) mass is 252 g/mol. The summed E-state index contributed by atoms with van der Waals surface area (Å²) in [6.07, 6.45) is 0.986. The second-order valence-electron chi connectivity index (χ2n) is 5.05. The summed E-state index contributed by atoms with van der Waals surface area (Å²) in [5.41, 5.74) is 0.299. The molecule has 2 atom stereocenters. The Morgan fingerprint density at radius 2 is 2.24 bits per heavy atom. The summed E-state index contributed by atoms with van der Waals surface area (Å²) in [5, 5.41) is 11.1. The third kappa shape index (κ3) is 2.96. The van der Waals surface area contributed by atoms with E-state index in [9.17, 15) is 5.11 Å². The molecule has 0 amide bonds. The van der Waals surface area contributed by atoms with Crippen LogP contribution in [-0.2, 0) is 5.60 Å². The molecule has 1 aliphatic rings. The van der Waals surface area contributed by atoms with Crippen LogP contribution in [0.2, 0.25) is 0 Å². The molecule has 0 bridgehead atoms. The number of rotatable bonds is 3. The van der Waals surface area contributed by atoms with Crippen LogP contribution in [0.25, 0.3) is 0 Å². The fourth-order valence-electron chi connectivity index (χ4n) is 2.21. The SMILES string of the molecule is CC(C)Oc1cccc(C2(O)CSC(C)C2)c1. The molecule has 1 N–H and O–H groups in total. The number of benzene rings is 1. The second kappa shape index (κ2) is 4.91. The topological polar surface area (TPSA) is 29.5 Å². The summed E-state index contributed by atoms with van der Waals surface area (Å²) < 4.78 is 5.67. The van der Waals surface area contributed by atoms with Crippen LogP contribution in [0.15, 0.2) is 24.3 Å². The molecule has 0 aromatic heterocycles. The first-order valence-electron chi connectivity index (χ1n) is 6.11. The van der Waals surface area contributed by atoms with Gasteiger partial charge in [0.15, 0.2) is 0 Å². The average molecular weight is 252 g/mol. The van der Waals surface area contributed by atoms with Gasteiger partial charge in [-0.15, -0.1) is 0 Å². The van der Waals surface area contributed by atoms with Crippen molar-refractivity contribution in [2.75, 3.05) is 5.75 Å². The number of aliphatic hydroxyl groups is 1. The lowest BCUT2D eigenvalue weighted by molar-refractivity contribution is 0.0608. The minimum atomic E-state index is -0.680. The summed E-state index contributed by atoms with van der Waals surface area (Å²) in [5.74, 6) is 1.62. The fourth-order valence-corrected chi connectivity index (χ4v) is 3.44. The Labute approximate surface area is 107 Å². The zero-order chi connectivity index (χ0) is 12.5. The van der Waals surface area contributed by atoms with Gasteiger partial charge in [-0.25, -0.2) is 0 Å². The Morgan fingerprint density at radius 3 is 2.82 bits per heavy atom. The van der Waals surface area contributed by atoms with Crippen LogP contribution in [0, 0.1) is 0 Å². The highest BCUT2D eigenvalue weighted by atomic mass is 32.2. The Morgan fingerprint density at radius 1 is 1.47 bits per heavy atom. The van der Waals surface area contributed by atoms with Gasteiger partial charge >= 0.3 is 0 Å². The van der Waals surface area contributed by atoms with Gasteiger partial charge in [-0.3, -0.25) is 0 Å². The van der Waals surface area contributed by atoms with Crippen LogP contribution in [0.4, 0.5) is 0 Å². The Hall–Kier alpha value is -0.670. The maximum absolute atomic E-state index is 10.6. The highest BCUT2D eigenvalue weighted by molar-refractivity contribution is 8.00. The van der Waals surface area contributed by atoms with Crippen LogP contribution in [-0.4, -0.2) is 22.2 Å². The van der Waals surface area contributed by atoms with Gasteiger partial charge in [0.25, 0.3) is 0 Å². The van der Waals surface area contributed by atoms with E-state index in [0.717, 1.165) is 23.5 Å². The van der Waals surface area contributed by atoms with E-state index in [-0.39, 0.29) is 6.10 Å². The normalized spacial score (nSPS) is 28.6. The molecule has 94 valence electrons. The van der Waals surface area contributed by atoms with Gasteiger partial charge in [-0.2, -0.15) is 11.8 Å². The van der Waals surface area contributed by atoms with Crippen molar-refractivity contribution in [3.05, 3.63) is 29.8 Å². The summed E-state index contributed by atoms with van der Waals surface area (Å²) in [6, 6.07) is 7.86. The number of thioether (sulfide) groups is 1. The van der Waals surface area contributed by atoms with Crippen LogP contribution in [0.3, 0.4) is 0 Å². The van der Waals surface area contributed by atoms with Gasteiger partial charge in [0.05, 0.1) is 11.7 Å². The minimum Gasteiger partial charge on any atom is -0.491 e. The molecule has 3 heteroatoms. The molecule has 0 aliphatic carbocycles. The summed E-state index contributed by atoms with van der Waals surface area (Å²) in [6.45, 7) is 6.18. The molecule has 1 fully saturated rings. The lowest BCUT2D eigenvalue weighted by Gasteiger charge is -2.23. The maximum Gasteiger partial charge on any atom is 0.120 e. The van der Waals surface area contributed by atoms with E-state index in [1.165, 1.54) is 0 Å². The molecule has 2 rings (SSSR count). The first-order valence-corrected chi connectivity index (χ1v) is 7.16. The van der Waals surface area contributed by atoms with Crippen molar-refractivity contribution < 1.29 is 9.84 Å². The standard InChI is InChI=1S/C14H20O2S/c1-10(2)16-13-6-4-5-12(7-13)14(15)8-11(3)17-9-14/h4-7,10-11,15H,8-9H2,1-3H3. The van der Waals surface area contributed by atoms with E-state index in [4.69, 9.17) is 4.74 Å². The lowest BCUT2D eigenvalue weighted by Crippen LogP contribution is -2.25. The highest BCUT2D eigenvalue weighted by Crippen LogP contribution is 2.41. The van der Waals surface area contributed by atoms with Crippen molar-refractivity contribution in [1.29, 1.82) is 0 Å². The molecular weight excluding hydrogens is 232 g/mol. The third-order valence-corrected chi connectivity index (χ3v) is 4.35. The molecule has 0 saturated carbocycles. The Balaban J connectivity index is 2.21. The van der Waals surface area contributed by atoms with E-state index in [2.05, 4.69) is 6.92 Å². The largest absolute Gasteiger partial charge is 0.491 e. The molecule has 2 unspecified atom stereocenters. The average Bonchev–Trinajstić information content (AvgIpc) is 2.59. The quantitative estimate of drug-likeness (QED) is 0.896. The van der Waals surface area contributed by atoms with Crippen LogP contribution in [0.5, 0.6) is 5.75 Å². The fraction of sp³-hybridized carbons (Fsp3) is 0.571. The predicted molar refractivity (Wildman–Crippen MR) is 72.6 cm³/mol. The zero-order valence-electron chi connectivity index (χ0n) is 10.6. The first kappa shape index (κ1) is 12.8. The molecule has 1 aromatic carbocycles. The smallest absolute Gasteiger partial charge is 0.120 e. The predicted octanol–water partition coefficient (Wildman–Crippen LogP) is 3.19. The van der Waals surface area contributed by atoms with Crippen molar-refractivity contribution in [3.8, 4) is 5.75 Å². The number of hydrogen-bond donors (Lipinski definition) is 1. The molecule has 2 nitrogen and oxygen atoms in total. The highest BCUT2D eigenvalue weighted by Gasteiger charge is 2.37. The summed E-state index contributed by atoms with van der Waals surface area (Å²) in [7, 11) is 0. The van der Waals surface area contributed by atoms with Gasteiger partial charge in [-0.1, -0.05) is 19.1 Å². The van der Waals surface area contributed by atoms with Gasteiger partial charge in [0.2, 0.25) is 0 Å². The van der Waals surface area contributed by atoms with Gasteiger partial charge < -0.3 is 9.84 Å². The van der Waals surface area contributed by atoms with E-state index in [1.54, 1.807) is 0 Å². The van der Waals surface area contributed by atoms with Gasteiger partial charge in [0, 0.05) is 11.0 Å². The molecular formula is C14H20O2S. The van der Waals surface area contributed by atoms with Gasteiger partial charge in [0.1, 0.15) is 5.75 Å². The van der Waals surface area contributed by atoms with Crippen molar-refractivity contribution in [3.63, 3.8) is 0 Å². The zero-order valence-corrected chi connectivity index (χ0v) is 11.5. The van der Waals surface area contributed by atoms with Crippen molar-refractivity contribution in [2.24, 2.45) is 0 Å². The van der Waals surface area contributed by atoms with Crippen molar-refractivity contribution in [2.45, 2.75) is 44.1 Å². The number of hydrogen-bond acceptors (Lipinski definition) is 3. The molecule has 1 saturated heterocycles. The van der Waals surface area contributed by atoms with Crippen LogP contribution >= 0.6 is 11.8 Å². The molecule has 0 radical (unpaired) electrons. The van der Waals surface area contributed by atoms with Crippen molar-refractivity contribution in [1.82, 2.24) is 0 Å². The summed E-state index contributed by atoms with van der Waals surface area (Å²) in [4.78, 5) is 0. The molecule has 17 heavy (non-hydrogen) atoms. The maximum atomic E-state index is 10.6. The molecule has 1 aromatic rings. The Kier molecular flexibility index (Phi) is 3.69. The first-order chi connectivity index (χ1) is 7.99. The number of ether oxygens (including phenoxy) is 1. The van der Waals surface area contributed by atoms with Crippen molar-refractivity contribution >= 4 is 11.8 Å². The Bertz CT molecular complexity index is 392. The van der Waals surface area contributed by atoms with Gasteiger partial charge in [-0.05, 0) is 38.0 Å². The molecule has 1 heterocycles.